The van der Waals surface area contributed by atoms with Crippen LogP contribution in [0, 0.1) is 0 Å². The molecule has 0 amide bonds. The number of alkyl halides is 3. The molecule has 0 bridgehead atoms. The van der Waals surface area contributed by atoms with E-state index in [1.807, 2.05) is 6.92 Å². The lowest BCUT2D eigenvalue weighted by Gasteiger charge is -2.40. The summed E-state index contributed by atoms with van der Waals surface area (Å²) >= 11 is 0. The van der Waals surface area contributed by atoms with Gasteiger partial charge in [0.05, 0.1) is 5.57 Å². The number of carbonyl (C=O) groups excluding carboxylic acids is 1. The van der Waals surface area contributed by atoms with E-state index in [1.54, 1.807) is 39.8 Å². The fourth-order valence-corrected chi connectivity index (χ4v) is 3.51. The zero-order valence-corrected chi connectivity index (χ0v) is 17.8. The third-order valence-corrected chi connectivity index (χ3v) is 4.96. The number of carbonyl (C=O) groups is 1. The van der Waals surface area contributed by atoms with E-state index in [1.165, 1.54) is 6.07 Å². The van der Waals surface area contributed by atoms with Gasteiger partial charge < -0.3 is 14.6 Å². The number of benzene rings is 1. The molecule has 1 aliphatic rings. The van der Waals surface area contributed by atoms with Gasteiger partial charge in [0, 0.05) is 6.20 Å². The first-order valence-corrected chi connectivity index (χ1v) is 9.66. The number of halogens is 3. The molecule has 1 aromatic carbocycles. The van der Waals surface area contributed by atoms with Gasteiger partial charge in [0.1, 0.15) is 22.7 Å². The van der Waals surface area contributed by atoms with E-state index in [2.05, 4.69) is 9.97 Å². The molecule has 1 aromatic heterocycles. The molecule has 0 aliphatic carbocycles. The Morgan fingerprint density at radius 3 is 2.42 bits per heavy atom. The Morgan fingerprint density at radius 2 is 1.81 bits per heavy atom. The van der Waals surface area contributed by atoms with E-state index in [0.29, 0.717) is 12.0 Å². The van der Waals surface area contributed by atoms with Gasteiger partial charge in [-0.15, -0.1) is 0 Å². The average Bonchev–Trinajstić information content (AvgIpc) is 2.66. The number of rotatable bonds is 4. The molecule has 0 radical (unpaired) electrons. The molecule has 0 unspecified atom stereocenters. The molecule has 0 saturated heterocycles. The van der Waals surface area contributed by atoms with Gasteiger partial charge in [0.2, 0.25) is 0 Å². The monoisotopic (exact) mass is 436 g/mol. The van der Waals surface area contributed by atoms with Crippen molar-refractivity contribution >= 4 is 11.4 Å². The number of hydrogen-bond donors (Lipinski definition) is 1. The molecular formula is C22H23F3N2O4. The summed E-state index contributed by atoms with van der Waals surface area (Å²) in [4.78, 5) is 20.2. The summed E-state index contributed by atoms with van der Waals surface area (Å²) in [6, 6.07) is 4.97. The van der Waals surface area contributed by atoms with Crippen molar-refractivity contribution in [3.05, 3.63) is 53.0 Å². The highest BCUT2D eigenvalue weighted by Gasteiger charge is 2.47. The normalized spacial score (nSPS) is 18.3. The van der Waals surface area contributed by atoms with Crippen LogP contribution in [0.15, 0.2) is 36.2 Å². The number of ether oxygens (including phenoxy) is 2. The summed E-state index contributed by atoms with van der Waals surface area (Å²) in [6.07, 6.45) is -3.14. The molecule has 0 saturated carbocycles. The molecule has 6 nitrogen and oxygen atoms in total. The summed E-state index contributed by atoms with van der Waals surface area (Å²) < 4.78 is 50.0. The quantitative estimate of drug-likeness (QED) is 0.703. The van der Waals surface area contributed by atoms with Crippen LogP contribution in [-0.2, 0) is 22.1 Å². The molecule has 2 heterocycles. The van der Waals surface area contributed by atoms with E-state index in [9.17, 15) is 23.1 Å². The molecule has 2 aromatic rings. The Morgan fingerprint density at radius 1 is 1.13 bits per heavy atom. The maximum Gasteiger partial charge on any atom is 0.433 e. The Hall–Kier alpha value is -2.94. The first-order valence-electron chi connectivity index (χ1n) is 9.66. The number of aryl methyl sites for hydroxylation is 1. The minimum atomic E-state index is -4.64. The summed E-state index contributed by atoms with van der Waals surface area (Å²) in [5.74, 6) is -0.507. The maximum absolute atomic E-state index is 13.1. The van der Waals surface area contributed by atoms with E-state index in [0.717, 1.165) is 17.8 Å². The fourth-order valence-electron chi connectivity index (χ4n) is 3.51. The lowest BCUT2D eigenvalue weighted by atomic mass is 9.81. The molecule has 166 valence electrons. The first kappa shape index (κ1) is 22.7. The van der Waals surface area contributed by atoms with Gasteiger partial charge in [-0.1, -0.05) is 13.0 Å². The number of Topliss-reactive ketones (excluding diaryl/α,β-unsaturated/α-hetero) is 1. The van der Waals surface area contributed by atoms with Crippen LogP contribution in [0.4, 0.5) is 13.2 Å². The van der Waals surface area contributed by atoms with Crippen molar-refractivity contribution in [1.29, 1.82) is 0 Å². The molecule has 0 atom stereocenters. The van der Waals surface area contributed by atoms with Crippen LogP contribution in [-0.4, -0.2) is 32.1 Å². The van der Waals surface area contributed by atoms with Crippen molar-refractivity contribution in [1.82, 2.24) is 9.97 Å². The zero-order valence-electron chi connectivity index (χ0n) is 17.8. The lowest BCUT2D eigenvalue weighted by Crippen LogP contribution is -2.49. The highest BCUT2D eigenvalue weighted by atomic mass is 19.4. The summed E-state index contributed by atoms with van der Waals surface area (Å²) in [7, 11) is 0. The topological polar surface area (TPSA) is 81.5 Å². The van der Waals surface area contributed by atoms with Gasteiger partial charge in [0.15, 0.2) is 11.5 Å². The highest BCUT2D eigenvalue weighted by molar-refractivity contribution is 6.26. The SMILES string of the molecule is CCc1ccc(Oc2nccc(C(F)(F)F)n2)cc1C1=C(O)C(C)(C)OC(C)(C)C1=O. The van der Waals surface area contributed by atoms with Crippen molar-refractivity contribution in [2.24, 2.45) is 0 Å². The largest absolute Gasteiger partial charge is 0.508 e. The number of aliphatic hydroxyl groups is 1. The third kappa shape index (κ3) is 4.41. The molecule has 0 fully saturated rings. The van der Waals surface area contributed by atoms with Crippen LogP contribution in [0.2, 0.25) is 0 Å². The zero-order chi connectivity index (χ0) is 23.2. The van der Waals surface area contributed by atoms with Crippen LogP contribution < -0.4 is 4.74 Å². The second kappa shape index (κ2) is 7.64. The molecule has 9 heteroatoms. The van der Waals surface area contributed by atoms with Crippen molar-refractivity contribution in [2.75, 3.05) is 0 Å². The number of nitrogens with zero attached hydrogens (tertiary/aromatic N) is 2. The van der Waals surface area contributed by atoms with E-state index in [4.69, 9.17) is 9.47 Å². The van der Waals surface area contributed by atoms with Crippen LogP contribution in [0.5, 0.6) is 11.8 Å². The Bertz CT molecular complexity index is 1060. The lowest BCUT2D eigenvalue weighted by molar-refractivity contribution is -0.158. The van der Waals surface area contributed by atoms with Crippen molar-refractivity contribution in [3.8, 4) is 11.8 Å². The molecular weight excluding hydrogens is 413 g/mol. The number of ketones is 1. The smallest absolute Gasteiger partial charge is 0.433 e. The van der Waals surface area contributed by atoms with Gasteiger partial charge in [-0.2, -0.15) is 18.2 Å². The van der Waals surface area contributed by atoms with Crippen molar-refractivity contribution in [3.63, 3.8) is 0 Å². The highest BCUT2D eigenvalue weighted by Crippen LogP contribution is 2.42. The van der Waals surface area contributed by atoms with Gasteiger partial charge >= 0.3 is 12.2 Å². The van der Waals surface area contributed by atoms with E-state index >= 15 is 0 Å². The molecule has 1 aliphatic heterocycles. The van der Waals surface area contributed by atoms with E-state index in [-0.39, 0.29) is 17.1 Å². The van der Waals surface area contributed by atoms with E-state index < -0.39 is 34.9 Å². The van der Waals surface area contributed by atoms with Gasteiger partial charge in [0.25, 0.3) is 0 Å². The molecule has 3 rings (SSSR count). The minimum Gasteiger partial charge on any atom is -0.508 e. The summed E-state index contributed by atoms with van der Waals surface area (Å²) in [5, 5.41) is 10.8. The Labute approximate surface area is 177 Å². The fraction of sp³-hybridized carbons (Fsp3) is 0.409. The standard InChI is InChI=1S/C22H23F3N2O4/c1-6-12-7-8-13(30-19-26-10-9-15(27-19)22(23,24)25)11-14(12)16-17(28)20(2,3)31-21(4,5)18(16)29/h7-11,28H,6H2,1-5H3. The minimum absolute atomic E-state index is 0.0912. The average molecular weight is 436 g/mol. The number of aromatic nitrogens is 2. The first-order chi connectivity index (χ1) is 14.3. The third-order valence-electron chi connectivity index (χ3n) is 4.96. The van der Waals surface area contributed by atoms with Crippen molar-refractivity contribution < 1.29 is 32.5 Å². The Kier molecular flexibility index (Phi) is 5.60. The molecule has 0 spiro atoms. The second-order valence-corrected chi connectivity index (χ2v) is 8.17. The van der Waals surface area contributed by atoms with Crippen LogP contribution in [0.1, 0.15) is 51.4 Å². The molecule has 31 heavy (non-hydrogen) atoms. The predicted molar refractivity (Wildman–Crippen MR) is 107 cm³/mol. The summed E-state index contributed by atoms with van der Waals surface area (Å²) in [6.45, 7) is 8.42. The van der Waals surface area contributed by atoms with Gasteiger partial charge in [-0.05, 0) is 63.4 Å². The second-order valence-electron chi connectivity index (χ2n) is 8.17. The van der Waals surface area contributed by atoms with Crippen molar-refractivity contribution in [2.45, 2.75) is 58.4 Å². The number of hydrogen-bond acceptors (Lipinski definition) is 6. The molecule has 1 N–H and O–H groups in total. The maximum atomic E-state index is 13.1. The number of aliphatic hydroxyl groups excluding tert-OH is 1. The van der Waals surface area contributed by atoms with Gasteiger partial charge in [-0.25, -0.2) is 4.98 Å². The van der Waals surface area contributed by atoms with Crippen LogP contribution in [0.3, 0.4) is 0 Å². The van der Waals surface area contributed by atoms with Crippen LogP contribution >= 0.6 is 0 Å². The Balaban J connectivity index is 2.09. The predicted octanol–water partition coefficient (Wildman–Crippen LogP) is 5.28. The van der Waals surface area contributed by atoms with Gasteiger partial charge in [-0.3, -0.25) is 4.79 Å². The van der Waals surface area contributed by atoms with Crippen LogP contribution in [0.25, 0.3) is 5.57 Å². The summed E-state index contributed by atoms with van der Waals surface area (Å²) in [5.41, 5.74) is -2.17.